The van der Waals surface area contributed by atoms with Crippen molar-refractivity contribution in [3.8, 4) is 28.3 Å². The lowest BCUT2D eigenvalue weighted by Crippen LogP contribution is -1.96. The predicted octanol–water partition coefficient (Wildman–Crippen LogP) is 3.11. The Morgan fingerprint density at radius 3 is 2.62 bits per heavy atom. The quantitative estimate of drug-likeness (QED) is 0.797. The summed E-state index contributed by atoms with van der Waals surface area (Å²) in [4.78, 5) is 0. The summed E-state index contributed by atoms with van der Waals surface area (Å²) in [7, 11) is 0. The van der Waals surface area contributed by atoms with E-state index in [4.69, 9.17) is 4.74 Å². The molecule has 0 aliphatic heterocycles. The zero-order valence-electron chi connectivity index (χ0n) is 11.7. The van der Waals surface area contributed by atoms with E-state index in [1.54, 1.807) is 0 Å². The van der Waals surface area contributed by atoms with Gasteiger partial charge in [-0.1, -0.05) is 36.4 Å². The lowest BCUT2D eigenvalue weighted by Gasteiger charge is -2.13. The summed E-state index contributed by atoms with van der Waals surface area (Å²) in [6.07, 6.45) is 0. The van der Waals surface area contributed by atoms with E-state index in [-0.39, 0.29) is 0 Å². The van der Waals surface area contributed by atoms with Crippen LogP contribution in [0.25, 0.3) is 22.5 Å². The number of nitrogens with one attached hydrogen (secondary N) is 1. The Hall–Kier alpha value is -2.69. The van der Waals surface area contributed by atoms with Crippen LogP contribution >= 0.6 is 0 Å². The highest BCUT2D eigenvalue weighted by Crippen LogP contribution is 2.36. The Kier molecular flexibility index (Phi) is 3.64. The standard InChI is InChI=1S/C16H15N4O/c1-3-21-15-10-11(2)8-9-13(15)12-6-4-5-7-14(12)16-17-19-20-18-16/h4-10H,2-3H2,1H3,(H,17,18,19,20). The summed E-state index contributed by atoms with van der Waals surface area (Å²) in [6.45, 7) is 6.52. The van der Waals surface area contributed by atoms with Crippen LogP contribution in [0.1, 0.15) is 12.5 Å². The first-order valence-corrected chi connectivity index (χ1v) is 6.72. The van der Waals surface area contributed by atoms with Crippen LogP contribution in [0.4, 0.5) is 0 Å². The van der Waals surface area contributed by atoms with Gasteiger partial charge in [-0.3, -0.25) is 0 Å². The minimum absolute atomic E-state index is 0.600. The van der Waals surface area contributed by atoms with E-state index in [9.17, 15) is 0 Å². The second-order valence-electron chi connectivity index (χ2n) is 4.56. The Morgan fingerprint density at radius 2 is 1.90 bits per heavy atom. The average Bonchev–Trinajstić information content (AvgIpc) is 3.02. The van der Waals surface area contributed by atoms with Crippen molar-refractivity contribution < 1.29 is 4.74 Å². The zero-order valence-corrected chi connectivity index (χ0v) is 11.7. The van der Waals surface area contributed by atoms with Crippen molar-refractivity contribution in [1.29, 1.82) is 0 Å². The highest BCUT2D eigenvalue weighted by atomic mass is 16.5. The van der Waals surface area contributed by atoms with Crippen molar-refractivity contribution in [3.05, 3.63) is 55.0 Å². The summed E-state index contributed by atoms with van der Waals surface area (Å²) < 4.78 is 5.74. The lowest BCUT2D eigenvalue weighted by atomic mass is 9.97. The fourth-order valence-corrected chi connectivity index (χ4v) is 2.26. The van der Waals surface area contributed by atoms with Crippen LogP contribution in [0, 0.1) is 6.92 Å². The number of ether oxygens (including phenoxy) is 1. The van der Waals surface area contributed by atoms with Crippen LogP contribution in [-0.4, -0.2) is 27.2 Å². The maximum Gasteiger partial charge on any atom is 0.180 e. The topological polar surface area (TPSA) is 63.7 Å². The van der Waals surface area contributed by atoms with Crippen molar-refractivity contribution in [2.75, 3.05) is 6.61 Å². The Morgan fingerprint density at radius 1 is 1.10 bits per heavy atom. The number of aromatic amines is 1. The molecular weight excluding hydrogens is 264 g/mol. The molecule has 0 aliphatic rings. The second kappa shape index (κ2) is 5.75. The molecule has 105 valence electrons. The molecule has 21 heavy (non-hydrogen) atoms. The molecule has 5 heteroatoms. The molecule has 0 bridgehead atoms. The van der Waals surface area contributed by atoms with Gasteiger partial charge in [0.05, 0.1) is 6.61 Å². The monoisotopic (exact) mass is 279 g/mol. The number of H-pyrrole nitrogens is 1. The third-order valence-corrected chi connectivity index (χ3v) is 3.16. The number of rotatable bonds is 4. The number of benzene rings is 2. The maximum atomic E-state index is 5.74. The molecule has 0 unspecified atom stereocenters. The van der Waals surface area contributed by atoms with E-state index in [1.165, 1.54) is 0 Å². The van der Waals surface area contributed by atoms with Crippen LogP contribution in [0.5, 0.6) is 5.75 Å². The molecule has 0 spiro atoms. The van der Waals surface area contributed by atoms with Crippen LogP contribution < -0.4 is 4.74 Å². The molecule has 5 nitrogen and oxygen atoms in total. The maximum absolute atomic E-state index is 5.74. The molecule has 3 aromatic rings. The van der Waals surface area contributed by atoms with Crippen molar-refractivity contribution in [1.82, 2.24) is 20.6 Å². The summed E-state index contributed by atoms with van der Waals surface area (Å²) in [5.74, 6) is 1.44. The van der Waals surface area contributed by atoms with Gasteiger partial charge in [-0.2, -0.15) is 0 Å². The van der Waals surface area contributed by atoms with Crippen LogP contribution in [0.3, 0.4) is 0 Å². The molecule has 1 N–H and O–H groups in total. The molecule has 0 saturated heterocycles. The van der Waals surface area contributed by atoms with Crippen molar-refractivity contribution in [2.45, 2.75) is 6.92 Å². The first kappa shape index (κ1) is 13.3. The van der Waals surface area contributed by atoms with Gasteiger partial charge in [-0.05, 0) is 41.5 Å². The summed E-state index contributed by atoms with van der Waals surface area (Å²) >= 11 is 0. The predicted molar refractivity (Wildman–Crippen MR) is 80.7 cm³/mol. The van der Waals surface area contributed by atoms with E-state index < -0.39 is 0 Å². The van der Waals surface area contributed by atoms with E-state index in [0.717, 1.165) is 28.0 Å². The van der Waals surface area contributed by atoms with Crippen molar-refractivity contribution in [3.63, 3.8) is 0 Å². The molecule has 0 aliphatic carbocycles. The second-order valence-corrected chi connectivity index (χ2v) is 4.56. The number of tetrazole rings is 1. The van der Waals surface area contributed by atoms with Crippen LogP contribution in [0.2, 0.25) is 0 Å². The van der Waals surface area contributed by atoms with Gasteiger partial charge < -0.3 is 4.74 Å². The minimum atomic E-state index is 0.600. The van der Waals surface area contributed by atoms with E-state index in [1.807, 2.05) is 49.4 Å². The third-order valence-electron chi connectivity index (χ3n) is 3.16. The molecule has 0 fully saturated rings. The van der Waals surface area contributed by atoms with Gasteiger partial charge in [0.1, 0.15) is 5.75 Å². The van der Waals surface area contributed by atoms with Crippen LogP contribution in [0.15, 0.2) is 42.5 Å². The first-order valence-electron chi connectivity index (χ1n) is 6.72. The van der Waals surface area contributed by atoms with Gasteiger partial charge in [-0.25, -0.2) is 5.10 Å². The highest BCUT2D eigenvalue weighted by Gasteiger charge is 2.13. The zero-order chi connectivity index (χ0) is 14.7. The Bertz CT molecular complexity index is 738. The van der Waals surface area contributed by atoms with E-state index >= 15 is 0 Å². The van der Waals surface area contributed by atoms with Crippen LogP contribution in [-0.2, 0) is 0 Å². The number of hydrogen-bond donors (Lipinski definition) is 1. The summed E-state index contributed by atoms with van der Waals surface area (Å²) in [5, 5.41) is 14.1. The van der Waals surface area contributed by atoms with E-state index in [0.29, 0.717) is 12.4 Å². The molecule has 1 heterocycles. The summed E-state index contributed by atoms with van der Waals surface area (Å²) in [6, 6.07) is 13.9. The Labute approximate surface area is 123 Å². The fraction of sp³-hybridized carbons (Fsp3) is 0.125. The molecule has 3 rings (SSSR count). The van der Waals surface area contributed by atoms with Crippen molar-refractivity contribution in [2.24, 2.45) is 0 Å². The molecule has 0 atom stereocenters. The minimum Gasteiger partial charge on any atom is -0.493 e. The van der Waals surface area contributed by atoms with Gasteiger partial charge in [0, 0.05) is 11.1 Å². The largest absolute Gasteiger partial charge is 0.493 e. The molecule has 0 amide bonds. The van der Waals surface area contributed by atoms with Gasteiger partial charge in [-0.15, -0.1) is 5.10 Å². The van der Waals surface area contributed by atoms with Gasteiger partial charge in [0.25, 0.3) is 0 Å². The molecular formula is C16H15N4O. The number of nitrogens with zero attached hydrogens (tertiary/aromatic N) is 3. The molecule has 0 saturated carbocycles. The van der Waals surface area contributed by atoms with Gasteiger partial charge in [0.15, 0.2) is 5.82 Å². The average molecular weight is 279 g/mol. The first-order chi connectivity index (χ1) is 10.3. The number of hydrogen-bond acceptors (Lipinski definition) is 4. The highest BCUT2D eigenvalue weighted by molar-refractivity contribution is 5.83. The SMILES string of the molecule is [CH2]c1ccc(-c2ccccc2-c2nnn[nH]2)c(OCC)c1. The molecule has 1 radical (unpaired) electrons. The molecule has 1 aromatic heterocycles. The Balaban J connectivity index is 2.17. The summed E-state index contributed by atoms with van der Waals surface area (Å²) in [5.41, 5.74) is 3.86. The smallest absolute Gasteiger partial charge is 0.180 e. The fourth-order valence-electron chi connectivity index (χ4n) is 2.26. The molecule has 2 aromatic carbocycles. The number of aromatic nitrogens is 4. The van der Waals surface area contributed by atoms with Crippen molar-refractivity contribution >= 4 is 0 Å². The van der Waals surface area contributed by atoms with Gasteiger partial charge >= 0.3 is 0 Å². The van der Waals surface area contributed by atoms with Gasteiger partial charge in [0.2, 0.25) is 0 Å². The third kappa shape index (κ3) is 2.63. The normalized spacial score (nSPS) is 10.6. The lowest BCUT2D eigenvalue weighted by molar-refractivity contribution is 0.341. The van der Waals surface area contributed by atoms with E-state index in [2.05, 4.69) is 27.5 Å².